The molecule has 2 N–H and O–H groups in total. The van der Waals surface area contributed by atoms with Gasteiger partial charge in [-0.1, -0.05) is 30.3 Å². The van der Waals surface area contributed by atoms with Gasteiger partial charge in [-0.25, -0.2) is 14.0 Å². The summed E-state index contributed by atoms with van der Waals surface area (Å²) in [4.78, 5) is 40.1. The van der Waals surface area contributed by atoms with Crippen LogP contribution in [-0.4, -0.2) is 64.7 Å². The van der Waals surface area contributed by atoms with E-state index in [2.05, 4.69) is 10.2 Å². The molecule has 1 aliphatic heterocycles. The Morgan fingerprint density at radius 2 is 1.60 bits per heavy atom. The van der Waals surface area contributed by atoms with Gasteiger partial charge < -0.3 is 20.1 Å². The zero-order valence-electron chi connectivity index (χ0n) is 22.9. The summed E-state index contributed by atoms with van der Waals surface area (Å²) in [6, 6.07) is 18.2. The maximum atomic E-state index is 14.9. The molecule has 210 valence electrons. The van der Waals surface area contributed by atoms with Crippen molar-refractivity contribution < 1.29 is 28.6 Å². The molecule has 0 aromatic heterocycles. The summed E-state index contributed by atoms with van der Waals surface area (Å²) in [6.07, 6.45) is -0.297. The van der Waals surface area contributed by atoms with Gasteiger partial charge in [-0.2, -0.15) is 0 Å². The van der Waals surface area contributed by atoms with E-state index in [4.69, 9.17) is 9.84 Å². The summed E-state index contributed by atoms with van der Waals surface area (Å²) in [6.45, 7) is 8.97. The number of hydrogen-bond acceptors (Lipinski definition) is 5. The van der Waals surface area contributed by atoms with Crippen molar-refractivity contribution in [3.05, 3.63) is 94.8 Å². The number of carboxylic acids is 1. The zero-order valence-corrected chi connectivity index (χ0v) is 22.9. The first-order valence-electron chi connectivity index (χ1n) is 13.2. The van der Waals surface area contributed by atoms with Crippen molar-refractivity contribution in [2.75, 3.05) is 26.2 Å². The highest BCUT2D eigenvalue weighted by atomic mass is 19.1. The van der Waals surface area contributed by atoms with E-state index < -0.39 is 17.5 Å². The van der Waals surface area contributed by atoms with Crippen LogP contribution in [0.25, 0.3) is 11.1 Å². The van der Waals surface area contributed by atoms with Gasteiger partial charge in [0.1, 0.15) is 11.4 Å². The molecule has 0 aliphatic carbocycles. The number of halogens is 1. The van der Waals surface area contributed by atoms with Crippen LogP contribution in [0, 0.1) is 5.82 Å². The van der Waals surface area contributed by atoms with E-state index in [1.807, 2.05) is 45.0 Å². The topological polar surface area (TPSA) is 99.2 Å². The molecule has 8 nitrogen and oxygen atoms in total. The SMILES string of the molecule is CC(C)(C)OC(=O)N1CCN(Cc2cccc(-c3cc(CNC(=O)c4cccc(C(=O)O)c4)ccc3F)c2)CC1. The minimum atomic E-state index is -1.11. The molecule has 0 spiro atoms. The van der Waals surface area contributed by atoms with Crippen molar-refractivity contribution in [3.63, 3.8) is 0 Å². The number of carboxylic acid groups (broad SMARTS) is 1. The van der Waals surface area contributed by atoms with E-state index in [1.54, 1.807) is 23.1 Å². The van der Waals surface area contributed by atoms with Crippen molar-refractivity contribution in [2.24, 2.45) is 0 Å². The molecule has 3 aromatic carbocycles. The molecule has 2 amide bonds. The van der Waals surface area contributed by atoms with Crippen molar-refractivity contribution in [2.45, 2.75) is 39.5 Å². The number of amides is 2. The summed E-state index contributed by atoms with van der Waals surface area (Å²) in [5, 5.41) is 11.9. The van der Waals surface area contributed by atoms with Crippen molar-refractivity contribution in [1.82, 2.24) is 15.1 Å². The number of carbonyl (C=O) groups is 3. The molecule has 3 aromatic rings. The van der Waals surface area contributed by atoms with Gasteiger partial charge in [0.2, 0.25) is 0 Å². The van der Waals surface area contributed by atoms with Gasteiger partial charge in [-0.3, -0.25) is 9.69 Å². The number of aromatic carboxylic acids is 1. The number of carbonyl (C=O) groups excluding carboxylic acids is 2. The maximum absolute atomic E-state index is 14.9. The molecule has 0 bridgehead atoms. The quantitative estimate of drug-likeness (QED) is 0.423. The van der Waals surface area contributed by atoms with Crippen LogP contribution in [0.2, 0.25) is 0 Å². The fraction of sp³-hybridized carbons (Fsp3) is 0.323. The molecule has 0 radical (unpaired) electrons. The first kappa shape index (κ1) is 28.8. The second kappa shape index (κ2) is 12.3. The molecule has 40 heavy (non-hydrogen) atoms. The molecule has 0 atom stereocenters. The minimum Gasteiger partial charge on any atom is -0.478 e. The number of hydrogen-bond donors (Lipinski definition) is 2. The zero-order chi connectivity index (χ0) is 28.9. The summed E-state index contributed by atoms with van der Waals surface area (Å²) >= 11 is 0. The van der Waals surface area contributed by atoms with Crippen LogP contribution in [0.4, 0.5) is 9.18 Å². The summed E-state index contributed by atoms with van der Waals surface area (Å²) < 4.78 is 20.3. The molecular formula is C31H34FN3O5. The first-order valence-corrected chi connectivity index (χ1v) is 13.2. The lowest BCUT2D eigenvalue weighted by Gasteiger charge is -2.35. The van der Waals surface area contributed by atoms with Gasteiger partial charge in [0.15, 0.2) is 0 Å². The van der Waals surface area contributed by atoms with Crippen molar-refractivity contribution in [3.8, 4) is 11.1 Å². The predicted molar refractivity (Wildman–Crippen MR) is 149 cm³/mol. The van der Waals surface area contributed by atoms with Gasteiger partial charge in [0.25, 0.3) is 5.91 Å². The summed E-state index contributed by atoms with van der Waals surface area (Å²) in [7, 11) is 0. The second-order valence-electron chi connectivity index (χ2n) is 10.8. The average molecular weight is 548 g/mol. The average Bonchev–Trinajstić information content (AvgIpc) is 2.92. The van der Waals surface area contributed by atoms with Crippen LogP contribution in [0.5, 0.6) is 0 Å². The van der Waals surface area contributed by atoms with Crippen LogP contribution in [0.3, 0.4) is 0 Å². The number of nitrogens with one attached hydrogen (secondary N) is 1. The Balaban J connectivity index is 1.38. The number of piperazine rings is 1. The van der Waals surface area contributed by atoms with Crippen LogP contribution >= 0.6 is 0 Å². The molecule has 1 saturated heterocycles. The largest absolute Gasteiger partial charge is 0.478 e. The molecule has 0 unspecified atom stereocenters. The Morgan fingerprint density at radius 3 is 2.30 bits per heavy atom. The third-order valence-electron chi connectivity index (χ3n) is 6.52. The standard InChI is InChI=1S/C31H34FN3O5/c1-31(2,3)40-30(39)35-14-12-34(13-15-35)20-22-6-4-7-23(16-22)26-17-21(10-11-27(26)32)19-33-28(36)24-8-5-9-25(18-24)29(37)38/h4-11,16-18H,12-15,19-20H2,1-3H3,(H,33,36)(H,37,38). The van der Waals surface area contributed by atoms with E-state index >= 15 is 0 Å². The lowest BCUT2D eigenvalue weighted by atomic mass is 10.00. The summed E-state index contributed by atoms with van der Waals surface area (Å²) in [5.74, 6) is -1.89. The van der Waals surface area contributed by atoms with Gasteiger partial charge in [-0.15, -0.1) is 0 Å². The van der Waals surface area contributed by atoms with Gasteiger partial charge >= 0.3 is 12.1 Å². The van der Waals surface area contributed by atoms with Crippen LogP contribution in [-0.2, 0) is 17.8 Å². The Bertz CT molecular complexity index is 1390. The van der Waals surface area contributed by atoms with Crippen LogP contribution in [0.1, 0.15) is 52.6 Å². The number of rotatable bonds is 7. The van der Waals surface area contributed by atoms with Crippen molar-refractivity contribution >= 4 is 18.0 Å². The molecular weight excluding hydrogens is 513 g/mol. The van der Waals surface area contributed by atoms with E-state index in [0.717, 1.165) is 11.1 Å². The first-order chi connectivity index (χ1) is 19.0. The fourth-order valence-corrected chi connectivity index (χ4v) is 4.49. The highest BCUT2D eigenvalue weighted by Crippen LogP contribution is 2.26. The van der Waals surface area contributed by atoms with Crippen LogP contribution < -0.4 is 5.32 Å². The van der Waals surface area contributed by atoms with E-state index in [0.29, 0.717) is 43.9 Å². The monoisotopic (exact) mass is 547 g/mol. The molecule has 4 rings (SSSR count). The van der Waals surface area contributed by atoms with Gasteiger partial charge in [0.05, 0.1) is 5.56 Å². The highest BCUT2D eigenvalue weighted by molar-refractivity contribution is 5.97. The Labute approximate surface area is 233 Å². The Hall–Kier alpha value is -4.24. The number of nitrogens with zero attached hydrogens (tertiary/aromatic N) is 2. The lowest BCUT2D eigenvalue weighted by molar-refractivity contribution is 0.0139. The van der Waals surface area contributed by atoms with E-state index in [9.17, 15) is 18.8 Å². The van der Waals surface area contributed by atoms with E-state index in [-0.39, 0.29) is 29.6 Å². The molecule has 9 heteroatoms. The number of ether oxygens (including phenoxy) is 1. The van der Waals surface area contributed by atoms with Crippen molar-refractivity contribution in [1.29, 1.82) is 0 Å². The minimum absolute atomic E-state index is 0.0292. The fourth-order valence-electron chi connectivity index (χ4n) is 4.49. The third-order valence-corrected chi connectivity index (χ3v) is 6.52. The second-order valence-corrected chi connectivity index (χ2v) is 10.8. The predicted octanol–water partition coefficient (Wildman–Crippen LogP) is 5.17. The molecule has 0 saturated carbocycles. The van der Waals surface area contributed by atoms with Crippen LogP contribution in [0.15, 0.2) is 66.7 Å². The highest BCUT2D eigenvalue weighted by Gasteiger charge is 2.26. The van der Waals surface area contributed by atoms with E-state index in [1.165, 1.54) is 24.3 Å². The summed E-state index contributed by atoms with van der Waals surface area (Å²) in [5.41, 5.74) is 2.63. The smallest absolute Gasteiger partial charge is 0.410 e. The molecule has 1 heterocycles. The Morgan fingerprint density at radius 1 is 0.900 bits per heavy atom. The maximum Gasteiger partial charge on any atom is 0.410 e. The normalized spacial score (nSPS) is 14.1. The Kier molecular flexibility index (Phi) is 8.84. The lowest BCUT2D eigenvalue weighted by Crippen LogP contribution is -2.49. The molecule has 1 aliphatic rings. The van der Waals surface area contributed by atoms with Gasteiger partial charge in [0, 0.05) is 50.4 Å². The molecule has 1 fully saturated rings. The third kappa shape index (κ3) is 7.66. The van der Waals surface area contributed by atoms with Gasteiger partial charge in [-0.05, 0) is 73.9 Å². The number of benzene rings is 3.